The van der Waals surface area contributed by atoms with Crippen LogP contribution in [0.4, 0.5) is 18.0 Å². The number of urea groups is 1. The van der Waals surface area contributed by atoms with Crippen molar-refractivity contribution in [3.05, 3.63) is 35.4 Å². The summed E-state index contributed by atoms with van der Waals surface area (Å²) in [6.45, 7) is 0. The molecular weight excluding hydrogens is 323 g/mol. The van der Waals surface area contributed by atoms with Crippen LogP contribution in [-0.2, 0) is 11.0 Å². The van der Waals surface area contributed by atoms with Gasteiger partial charge in [0.15, 0.2) is 0 Å². The quantitative estimate of drug-likeness (QED) is 0.664. The number of carbonyl (C=O) groups is 2. The number of amides is 3. The van der Waals surface area contributed by atoms with Gasteiger partial charge in [-0.05, 0) is 30.5 Å². The van der Waals surface area contributed by atoms with Crippen LogP contribution in [0.2, 0.25) is 0 Å². The number of benzene rings is 1. The van der Waals surface area contributed by atoms with Crippen molar-refractivity contribution in [2.75, 3.05) is 0 Å². The van der Waals surface area contributed by atoms with Crippen molar-refractivity contribution >= 4 is 18.2 Å². The SMILES string of the molecule is O=C1NC2(CCCCC2)C(=O)N1/N=C\c1cccc(C(F)(F)F)c1. The molecule has 0 radical (unpaired) electrons. The highest BCUT2D eigenvalue weighted by Crippen LogP contribution is 2.34. The van der Waals surface area contributed by atoms with Gasteiger partial charge in [-0.1, -0.05) is 31.4 Å². The van der Waals surface area contributed by atoms with Crippen molar-refractivity contribution in [3.63, 3.8) is 0 Å². The van der Waals surface area contributed by atoms with Crippen molar-refractivity contribution in [1.82, 2.24) is 10.3 Å². The lowest BCUT2D eigenvalue weighted by Gasteiger charge is -2.29. The highest BCUT2D eigenvalue weighted by molar-refractivity contribution is 6.07. The van der Waals surface area contributed by atoms with Gasteiger partial charge < -0.3 is 5.32 Å². The Labute approximate surface area is 136 Å². The Morgan fingerprint density at radius 2 is 1.88 bits per heavy atom. The van der Waals surface area contributed by atoms with E-state index in [0.29, 0.717) is 17.9 Å². The predicted molar refractivity (Wildman–Crippen MR) is 80.2 cm³/mol. The second kappa shape index (κ2) is 5.92. The van der Waals surface area contributed by atoms with Gasteiger partial charge >= 0.3 is 12.2 Å². The van der Waals surface area contributed by atoms with Gasteiger partial charge in [-0.25, -0.2) is 4.79 Å². The lowest BCUT2D eigenvalue weighted by molar-refractivity contribution is -0.137. The Morgan fingerprint density at radius 3 is 2.54 bits per heavy atom. The molecule has 1 heterocycles. The molecule has 5 nitrogen and oxygen atoms in total. The molecule has 1 aromatic rings. The Hall–Kier alpha value is -2.38. The molecule has 3 rings (SSSR count). The van der Waals surface area contributed by atoms with E-state index >= 15 is 0 Å². The van der Waals surface area contributed by atoms with Crippen LogP contribution in [0.3, 0.4) is 0 Å². The van der Waals surface area contributed by atoms with Gasteiger partial charge in [0.2, 0.25) is 0 Å². The molecule has 24 heavy (non-hydrogen) atoms. The first-order chi connectivity index (χ1) is 11.3. The molecule has 1 aliphatic heterocycles. The zero-order valence-electron chi connectivity index (χ0n) is 12.8. The van der Waals surface area contributed by atoms with Crippen molar-refractivity contribution in [3.8, 4) is 0 Å². The summed E-state index contributed by atoms with van der Waals surface area (Å²) in [5.74, 6) is -0.435. The molecule has 1 saturated heterocycles. The summed E-state index contributed by atoms with van der Waals surface area (Å²) in [6, 6.07) is 3.90. The third-order valence-corrected chi connectivity index (χ3v) is 4.38. The molecule has 3 amide bonds. The first-order valence-electron chi connectivity index (χ1n) is 7.70. The Morgan fingerprint density at radius 1 is 1.17 bits per heavy atom. The van der Waals surface area contributed by atoms with E-state index in [9.17, 15) is 22.8 Å². The Balaban J connectivity index is 1.79. The molecule has 0 unspecified atom stereocenters. The minimum atomic E-state index is -4.46. The number of rotatable bonds is 2. The number of nitrogens with one attached hydrogen (secondary N) is 1. The molecule has 2 fully saturated rings. The fraction of sp³-hybridized carbons (Fsp3) is 0.438. The Kier molecular flexibility index (Phi) is 4.06. The molecule has 2 aliphatic rings. The van der Waals surface area contributed by atoms with Crippen molar-refractivity contribution < 1.29 is 22.8 Å². The smallest absolute Gasteiger partial charge is 0.321 e. The number of imide groups is 1. The maximum Gasteiger partial charge on any atom is 0.416 e. The minimum Gasteiger partial charge on any atom is -0.321 e. The number of alkyl halides is 3. The lowest BCUT2D eigenvalue weighted by Crippen LogP contribution is -2.48. The fourth-order valence-corrected chi connectivity index (χ4v) is 3.12. The topological polar surface area (TPSA) is 61.8 Å². The largest absolute Gasteiger partial charge is 0.416 e. The van der Waals surface area contributed by atoms with E-state index in [1.807, 2.05) is 0 Å². The second-order valence-corrected chi connectivity index (χ2v) is 6.06. The summed E-state index contributed by atoms with van der Waals surface area (Å²) in [7, 11) is 0. The first-order valence-corrected chi connectivity index (χ1v) is 7.70. The minimum absolute atomic E-state index is 0.162. The molecule has 0 atom stereocenters. The number of carbonyl (C=O) groups excluding carboxylic acids is 2. The van der Waals surface area contributed by atoms with E-state index in [0.717, 1.165) is 37.6 Å². The van der Waals surface area contributed by atoms with E-state index < -0.39 is 29.2 Å². The van der Waals surface area contributed by atoms with Gasteiger partial charge in [0.25, 0.3) is 5.91 Å². The van der Waals surface area contributed by atoms with E-state index in [4.69, 9.17) is 0 Å². The lowest BCUT2D eigenvalue weighted by atomic mass is 9.82. The van der Waals surface area contributed by atoms with Crippen molar-refractivity contribution in [1.29, 1.82) is 0 Å². The van der Waals surface area contributed by atoms with Gasteiger partial charge in [-0.3, -0.25) is 4.79 Å². The van der Waals surface area contributed by atoms with Gasteiger partial charge in [-0.15, -0.1) is 5.01 Å². The molecule has 0 aromatic heterocycles. The van der Waals surface area contributed by atoms with Crippen LogP contribution in [0, 0.1) is 0 Å². The van der Waals surface area contributed by atoms with Crippen LogP contribution in [-0.4, -0.2) is 28.7 Å². The van der Waals surface area contributed by atoms with Crippen molar-refractivity contribution in [2.45, 2.75) is 43.8 Å². The standard InChI is InChI=1S/C16H16F3N3O2/c17-16(18,19)12-6-4-5-11(9-12)10-20-22-13(23)15(21-14(22)24)7-2-1-3-8-15/h4-6,9-10H,1-3,7-8H2,(H,21,24)/b20-10-. The van der Waals surface area contributed by atoms with E-state index in [1.54, 1.807) is 0 Å². The summed E-state index contributed by atoms with van der Waals surface area (Å²) in [4.78, 5) is 24.5. The third-order valence-electron chi connectivity index (χ3n) is 4.38. The molecule has 1 spiro atoms. The molecule has 1 aliphatic carbocycles. The normalized spacial score (nSPS) is 20.9. The first kappa shape index (κ1) is 16.5. The second-order valence-electron chi connectivity index (χ2n) is 6.06. The van der Waals surface area contributed by atoms with E-state index in [-0.39, 0.29) is 5.56 Å². The fourth-order valence-electron chi connectivity index (χ4n) is 3.12. The van der Waals surface area contributed by atoms with Crippen LogP contribution in [0.5, 0.6) is 0 Å². The molecular formula is C16H16F3N3O2. The summed E-state index contributed by atoms with van der Waals surface area (Å²) in [6.07, 6.45) is 0.457. The van der Waals surface area contributed by atoms with Gasteiger partial charge in [0.05, 0.1) is 11.8 Å². The van der Waals surface area contributed by atoms with Gasteiger partial charge in [0.1, 0.15) is 5.54 Å². The van der Waals surface area contributed by atoms with E-state index in [1.165, 1.54) is 12.1 Å². The zero-order chi connectivity index (χ0) is 17.4. The number of halogens is 3. The number of hydrogen-bond donors (Lipinski definition) is 1. The number of hydrogen-bond acceptors (Lipinski definition) is 3. The third kappa shape index (κ3) is 3.00. The average molecular weight is 339 g/mol. The summed E-state index contributed by atoms with van der Waals surface area (Å²) in [5, 5.41) is 7.21. The van der Waals surface area contributed by atoms with Crippen LogP contribution in [0.15, 0.2) is 29.4 Å². The summed E-state index contributed by atoms with van der Waals surface area (Å²) >= 11 is 0. The summed E-state index contributed by atoms with van der Waals surface area (Å²) in [5.41, 5.74) is -1.55. The maximum atomic E-state index is 12.7. The molecule has 8 heteroatoms. The van der Waals surface area contributed by atoms with Crippen LogP contribution >= 0.6 is 0 Å². The average Bonchev–Trinajstić information content (AvgIpc) is 2.76. The van der Waals surface area contributed by atoms with Crippen LogP contribution in [0.25, 0.3) is 0 Å². The molecule has 1 saturated carbocycles. The zero-order valence-corrected chi connectivity index (χ0v) is 12.8. The summed E-state index contributed by atoms with van der Waals surface area (Å²) < 4.78 is 38.1. The van der Waals surface area contributed by atoms with Gasteiger partial charge in [-0.2, -0.15) is 18.3 Å². The molecule has 128 valence electrons. The van der Waals surface area contributed by atoms with Crippen LogP contribution in [0.1, 0.15) is 43.2 Å². The number of nitrogens with zero attached hydrogens (tertiary/aromatic N) is 2. The highest BCUT2D eigenvalue weighted by Gasteiger charge is 2.51. The molecule has 1 aromatic carbocycles. The maximum absolute atomic E-state index is 12.7. The molecule has 0 bridgehead atoms. The van der Waals surface area contributed by atoms with Gasteiger partial charge in [0, 0.05) is 0 Å². The Bertz CT molecular complexity index is 694. The predicted octanol–water partition coefficient (Wildman–Crippen LogP) is 3.29. The number of hydrazone groups is 1. The van der Waals surface area contributed by atoms with E-state index in [2.05, 4.69) is 10.4 Å². The molecule has 1 N–H and O–H groups in total. The van der Waals surface area contributed by atoms with Crippen LogP contribution < -0.4 is 5.32 Å². The monoisotopic (exact) mass is 339 g/mol. The highest BCUT2D eigenvalue weighted by atomic mass is 19.4. The van der Waals surface area contributed by atoms with Crippen molar-refractivity contribution in [2.24, 2.45) is 5.10 Å².